The summed E-state index contributed by atoms with van der Waals surface area (Å²) in [7, 11) is 0. The molecule has 0 unspecified atom stereocenters. The lowest BCUT2D eigenvalue weighted by atomic mass is 10.1. The van der Waals surface area contributed by atoms with Crippen molar-refractivity contribution in [2.45, 2.75) is 19.3 Å². The summed E-state index contributed by atoms with van der Waals surface area (Å²) in [5, 5.41) is 6.31. The van der Waals surface area contributed by atoms with E-state index in [2.05, 4.69) is 29.4 Å². The van der Waals surface area contributed by atoms with Crippen molar-refractivity contribution >= 4 is 16.7 Å². The summed E-state index contributed by atoms with van der Waals surface area (Å²) in [4.78, 5) is 14.3. The molecule has 4 rings (SSSR count). The zero-order valence-electron chi connectivity index (χ0n) is 12.9. The van der Waals surface area contributed by atoms with Crippen molar-refractivity contribution in [2.75, 3.05) is 13.1 Å². The Kier molecular flexibility index (Phi) is 3.58. The third kappa shape index (κ3) is 2.72. The average Bonchev–Trinajstić information content (AvgIpc) is 3.11. The van der Waals surface area contributed by atoms with Crippen LogP contribution in [0.15, 0.2) is 53.1 Å². The van der Waals surface area contributed by atoms with Crippen LogP contribution in [0.25, 0.3) is 22.1 Å². The van der Waals surface area contributed by atoms with Crippen LogP contribution >= 0.6 is 0 Å². The number of nitrogens with zero attached hydrogens (tertiary/aromatic N) is 2. The molecule has 1 aromatic heterocycles. The van der Waals surface area contributed by atoms with Crippen LogP contribution in [-0.4, -0.2) is 29.1 Å². The van der Waals surface area contributed by atoms with Gasteiger partial charge in [0, 0.05) is 24.7 Å². The molecule has 2 aromatic carbocycles. The van der Waals surface area contributed by atoms with Crippen molar-refractivity contribution in [2.24, 2.45) is 0 Å². The molecule has 0 radical (unpaired) electrons. The number of piperidine rings is 1. The lowest BCUT2D eigenvalue weighted by Gasteiger charge is -2.25. The molecule has 4 nitrogen and oxygen atoms in total. The first kappa shape index (κ1) is 14.0. The van der Waals surface area contributed by atoms with E-state index in [9.17, 15) is 4.79 Å². The molecule has 0 spiro atoms. The van der Waals surface area contributed by atoms with Crippen LogP contribution in [0.3, 0.4) is 0 Å². The molecule has 0 aliphatic carbocycles. The molecule has 1 amide bonds. The lowest BCUT2D eigenvalue weighted by Crippen LogP contribution is -2.35. The first-order chi connectivity index (χ1) is 11.3. The second-order valence-electron chi connectivity index (χ2n) is 5.99. The topological polar surface area (TPSA) is 46.3 Å². The van der Waals surface area contributed by atoms with Crippen LogP contribution in [0.4, 0.5) is 0 Å². The van der Waals surface area contributed by atoms with Crippen molar-refractivity contribution in [3.8, 4) is 11.3 Å². The Hall–Kier alpha value is -2.62. The number of amides is 1. The molecule has 1 saturated heterocycles. The number of hydrogen-bond acceptors (Lipinski definition) is 3. The molecule has 4 heteroatoms. The van der Waals surface area contributed by atoms with E-state index in [1.165, 1.54) is 11.8 Å². The minimum Gasteiger partial charge on any atom is -0.355 e. The Bertz CT molecular complexity index is 847. The molecule has 0 N–H and O–H groups in total. The zero-order chi connectivity index (χ0) is 15.6. The minimum absolute atomic E-state index is 0.0273. The van der Waals surface area contributed by atoms with Crippen LogP contribution in [0, 0.1) is 0 Å². The molecule has 23 heavy (non-hydrogen) atoms. The van der Waals surface area contributed by atoms with Gasteiger partial charge in [-0.05, 0) is 36.1 Å². The molecule has 3 aromatic rings. The predicted octanol–water partition coefficient (Wildman–Crippen LogP) is 4.12. The molecule has 2 heterocycles. The van der Waals surface area contributed by atoms with E-state index in [-0.39, 0.29) is 5.91 Å². The Morgan fingerprint density at radius 1 is 0.957 bits per heavy atom. The molecule has 0 bridgehead atoms. The van der Waals surface area contributed by atoms with Gasteiger partial charge in [-0.1, -0.05) is 41.6 Å². The van der Waals surface area contributed by atoms with Gasteiger partial charge < -0.3 is 9.42 Å². The smallest absolute Gasteiger partial charge is 0.276 e. The minimum atomic E-state index is -0.0273. The number of fused-ring (bicyclic) bond motifs is 1. The van der Waals surface area contributed by atoms with Crippen molar-refractivity contribution in [3.05, 3.63) is 54.2 Å². The fourth-order valence-electron chi connectivity index (χ4n) is 3.11. The van der Waals surface area contributed by atoms with Crippen molar-refractivity contribution in [1.82, 2.24) is 10.1 Å². The Labute approximate surface area is 134 Å². The normalized spacial score (nSPS) is 15.0. The van der Waals surface area contributed by atoms with Gasteiger partial charge in [0.1, 0.15) is 0 Å². The maximum Gasteiger partial charge on any atom is 0.276 e. The van der Waals surface area contributed by atoms with E-state index < -0.39 is 0 Å². The number of aromatic nitrogens is 1. The summed E-state index contributed by atoms with van der Waals surface area (Å²) in [5.74, 6) is 0.608. The van der Waals surface area contributed by atoms with Gasteiger partial charge in [-0.15, -0.1) is 0 Å². The monoisotopic (exact) mass is 306 g/mol. The van der Waals surface area contributed by atoms with Crippen LogP contribution in [0.5, 0.6) is 0 Å². The highest BCUT2D eigenvalue weighted by Gasteiger charge is 2.21. The van der Waals surface area contributed by atoms with E-state index in [0.717, 1.165) is 36.9 Å². The van der Waals surface area contributed by atoms with E-state index >= 15 is 0 Å². The fraction of sp³-hybridized carbons (Fsp3) is 0.263. The molecule has 1 fully saturated rings. The van der Waals surface area contributed by atoms with E-state index in [4.69, 9.17) is 4.52 Å². The van der Waals surface area contributed by atoms with Crippen molar-refractivity contribution in [3.63, 3.8) is 0 Å². The van der Waals surface area contributed by atoms with Crippen LogP contribution in [0.2, 0.25) is 0 Å². The predicted molar refractivity (Wildman–Crippen MR) is 89.2 cm³/mol. The molecular weight excluding hydrogens is 288 g/mol. The van der Waals surface area contributed by atoms with Gasteiger partial charge in [-0.25, -0.2) is 0 Å². The maximum absolute atomic E-state index is 12.5. The molecule has 1 aliphatic heterocycles. The Morgan fingerprint density at radius 2 is 1.74 bits per heavy atom. The standard InChI is InChI=1S/C19H18N2O2/c22-19(21-10-4-1-5-11-21)17-13-18(23-20-17)16-9-8-14-6-2-3-7-15(14)12-16/h2-3,6-9,12-13H,1,4-5,10-11H2. The van der Waals surface area contributed by atoms with Gasteiger partial charge in [0.2, 0.25) is 0 Å². The summed E-state index contributed by atoms with van der Waals surface area (Å²) in [6, 6.07) is 16.0. The number of rotatable bonds is 2. The third-order valence-corrected chi connectivity index (χ3v) is 4.41. The SMILES string of the molecule is O=C(c1cc(-c2ccc3ccccc3c2)on1)N1CCCCC1. The van der Waals surface area contributed by atoms with Crippen LogP contribution < -0.4 is 0 Å². The highest BCUT2D eigenvalue weighted by atomic mass is 16.5. The van der Waals surface area contributed by atoms with Gasteiger partial charge in [0.25, 0.3) is 5.91 Å². The third-order valence-electron chi connectivity index (χ3n) is 4.41. The number of hydrogen-bond donors (Lipinski definition) is 0. The van der Waals surface area contributed by atoms with Crippen molar-refractivity contribution in [1.29, 1.82) is 0 Å². The van der Waals surface area contributed by atoms with E-state index in [1.54, 1.807) is 6.07 Å². The number of carbonyl (C=O) groups excluding carboxylic acids is 1. The molecule has 0 saturated carbocycles. The van der Waals surface area contributed by atoms with E-state index in [1.807, 2.05) is 23.1 Å². The largest absolute Gasteiger partial charge is 0.355 e. The van der Waals surface area contributed by atoms with Gasteiger partial charge in [0.15, 0.2) is 11.5 Å². The number of likely N-dealkylation sites (tertiary alicyclic amines) is 1. The Morgan fingerprint density at radius 3 is 2.57 bits per heavy atom. The highest BCUT2D eigenvalue weighted by molar-refractivity contribution is 5.93. The van der Waals surface area contributed by atoms with Crippen LogP contribution in [0.1, 0.15) is 29.8 Å². The average molecular weight is 306 g/mol. The first-order valence-electron chi connectivity index (χ1n) is 8.06. The van der Waals surface area contributed by atoms with Gasteiger partial charge in [0.05, 0.1) is 0 Å². The quantitative estimate of drug-likeness (QED) is 0.715. The molecule has 1 aliphatic rings. The maximum atomic E-state index is 12.5. The van der Waals surface area contributed by atoms with Gasteiger partial charge in [-0.2, -0.15) is 0 Å². The summed E-state index contributed by atoms with van der Waals surface area (Å²) in [6.07, 6.45) is 3.34. The fourth-order valence-corrected chi connectivity index (χ4v) is 3.11. The Balaban J connectivity index is 1.62. The van der Waals surface area contributed by atoms with Gasteiger partial charge >= 0.3 is 0 Å². The summed E-state index contributed by atoms with van der Waals surface area (Å²) >= 11 is 0. The highest BCUT2D eigenvalue weighted by Crippen LogP contribution is 2.25. The zero-order valence-corrected chi connectivity index (χ0v) is 12.9. The molecule has 116 valence electrons. The second-order valence-corrected chi connectivity index (χ2v) is 5.99. The number of benzene rings is 2. The summed E-state index contributed by atoms with van der Waals surface area (Å²) in [6.45, 7) is 1.63. The van der Waals surface area contributed by atoms with E-state index in [0.29, 0.717) is 11.5 Å². The summed E-state index contributed by atoms with van der Waals surface area (Å²) in [5.41, 5.74) is 1.34. The first-order valence-corrected chi connectivity index (χ1v) is 8.06. The lowest BCUT2D eigenvalue weighted by molar-refractivity contribution is 0.0714. The second kappa shape index (κ2) is 5.88. The number of carbonyl (C=O) groups is 1. The van der Waals surface area contributed by atoms with Gasteiger partial charge in [-0.3, -0.25) is 4.79 Å². The summed E-state index contributed by atoms with van der Waals surface area (Å²) < 4.78 is 5.41. The molecule has 0 atom stereocenters. The van der Waals surface area contributed by atoms with Crippen molar-refractivity contribution < 1.29 is 9.32 Å². The molecular formula is C19H18N2O2. The van der Waals surface area contributed by atoms with Crippen LogP contribution in [-0.2, 0) is 0 Å².